The highest BCUT2D eigenvalue weighted by Crippen LogP contribution is 2.36. The molecule has 0 aliphatic rings. The van der Waals surface area contributed by atoms with E-state index in [1.54, 1.807) is 44.2 Å². The molecule has 40 heavy (non-hydrogen) atoms. The Morgan fingerprint density at radius 2 is 1.75 bits per heavy atom. The number of benzene rings is 2. The predicted octanol–water partition coefficient (Wildman–Crippen LogP) is 7.96. The number of nitrogens with zero attached hydrogens (tertiary/aromatic N) is 1. The molecule has 2 amide bonds. The van der Waals surface area contributed by atoms with Gasteiger partial charge in [-0.25, -0.2) is 4.79 Å². The first-order chi connectivity index (χ1) is 19.1. The van der Waals surface area contributed by atoms with Gasteiger partial charge >= 0.3 is 5.97 Å². The van der Waals surface area contributed by atoms with E-state index in [-0.39, 0.29) is 17.2 Å². The van der Waals surface area contributed by atoms with Crippen LogP contribution in [0.4, 0.5) is 10.7 Å². The summed E-state index contributed by atoms with van der Waals surface area (Å²) < 4.78 is 7.19. The largest absolute Gasteiger partial charge is 0.462 e. The van der Waals surface area contributed by atoms with Crippen LogP contribution in [0.15, 0.2) is 55.1 Å². The van der Waals surface area contributed by atoms with E-state index in [4.69, 9.17) is 16.3 Å². The predicted molar refractivity (Wildman–Crippen MR) is 163 cm³/mol. The number of ether oxygens (including phenoxy) is 1. The number of hydrogen-bond acceptors (Lipinski definition) is 5. The van der Waals surface area contributed by atoms with Crippen molar-refractivity contribution in [1.29, 1.82) is 0 Å². The van der Waals surface area contributed by atoms with Crippen LogP contribution in [0.25, 0.3) is 10.9 Å². The smallest absolute Gasteiger partial charge is 0.341 e. The summed E-state index contributed by atoms with van der Waals surface area (Å²) in [5.41, 5.74) is 4.52. The number of hydrogen-bond donors (Lipinski definition) is 2. The molecule has 0 unspecified atom stereocenters. The standard InChI is InChI=1S/C31H32ClN3O4S/c1-7-15-35-24-14-9-20(17(3)4)16-23(24)18(5)26(35)28(36)34-30-25(31(38)39-8-2)19(6)27(40-30)29(37)33-22-12-10-21(32)11-13-22/h7,9-14,16-17H,1,8,15H2,2-6H3,(H,33,37)(H,34,36). The number of carbonyl (C=O) groups is 3. The van der Waals surface area contributed by atoms with Gasteiger partial charge in [0.05, 0.1) is 17.0 Å². The maximum atomic E-state index is 13.8. The minimum absolute atomic E-state index is 0.151. The van der Waals surface area contributed by atoms with Crippen molar-refractivity contribution >= 4 is 62.3 Å². The molecule has 2 aromatic heterocycles. The number of allylic oxidation sites excluding steroid dienone is 1. The van der Waals surface area contributed by atoms with Gasteiger partial charge in [-0.3, -0.25) is 9.59 Å². The number of thiophene rings is 1. The van der Waals surface area contributed by atoms with Gasteiger partial charge < -0.3 is 19.9 Å². The fraction of sp³-hybridized carbons (Fsp3) is 0.258. The summed E-state index contributed by atoms with van der Waals surface area (Å²) in [5.74, 6) is -1.07. The average Bonchev–Trinajstić information content (AvgIpc) is 3.38. The zero-order valence-corrected chi connectivity index (χ0v) is 24.8. The molecule has 0 aliphatic heterocycles. The summed E-state index contributed by atoms with van der Waals surface area (Å²) in [6.07, 6.45) is 1.74. The molecular formula is C31H32ClN3O4S. The second-order valence-electron chi connectivity index (χ2n) is 9.70. The fourth-order valence-electron chi connectivity index (χ4n) is 4.66. The number of halogens is 1. The Kier molecular flexibility index (Phi) is 8.81. The first-order valence-electron chi connectivity index (χ1n) is 13.0. The Morgan fingerprint density at radius 3 is 2.38 bits per heavy atom. The van der Waals surface area contributed by atoms with Gasteiger partial charge in [0.15, 0.2) is 0 Å². The number of esters is 1. The van der Waals surface area contributed by atoms with Crippen molar-refractivity contribution in [2.24, 2.45) is 0 Å². The number of anilines is 2. The van der Waals surface area contributed by atoms with Gasteiger partial charge in [-0.1, -0.05) is 37.6 Å². The normalized spacial score (nSPS) is 11.1. The van der Waals surface area contributed by atoms with Crippen LogP contribution in [-0.2, 0) is 11.3 Å². The Bertz CT molecular complexity index is 1620. The van der Waals surface area contributed by atoms with Gasteiger partial charge in [0.25, 0.3) is 11.8 Å². The third-order valence-corrected chi connectivity index (χ3v) is 8.15. The van der Waals surface area contributed by atoms with E-state index >= 15 is 0 Å². The number of carbonyl (C=O) groups excluding carboxylic acids is 3. The van der Waals surface area contributed by atoms with E-state index < -0.39 is 17.8 Å². The monoisotopic (exact) mass is 577 g/mol. The fourth-order valence-corrected chi connectivity index (χ4v) is 5.87. The van der Waals surface area contributed by atoms with Crippen molar-refractivity contribution in [3.63, 3.8) is 0 Å². The van der Waals surface area contributed by atoms with Crippen LogP contribution in [0.3, 0.4) is 0 Å². The van der Waals surface area contributed by atoms with Gasteiger partial charge in [-0.05, 0) is 79.8 Å². The Hall–Kier alpha value is -3.88. The van der Waals surface area contributed by atoms with Gasteiger partial charge in [-0.2, -0.15) is 0 Å². The van der Waals surface area contributed by atoms with Crippen LogP contribution in [0.5, 0.6) is 0 Å². The van der Waals surface area contributed by atoms with Crippen LogP contribution in [0.1, 0.15) is 73.9 Å². The van der Waals surface area contributed by atoms with Crippen LogP contribution in [-0.4, -0.2) is 29.0 Å². The van der Waals surface area contributed by atoms with E-state index in [1.807, 2.05) is 17.6 Å². The summed E-state index contributed by atoms with van der Waals surface area (Å²) >= 11 is 6.99. The SMILES string of the molecule is C=CCn1c(C(=O)Nc2sc(C(=O)Nc3ccc(Cl)cc3)c(C)c2C(=O)OCC)c(C)c2cc(C(C)C)ccc21. The van der Waals surface area contributed by atoms with Crippen LogP contribution < -0.4 is 10.6 Å². The van der Waals surface area contributed by atoms with Crippen molar-refractivity contribution in [1.82, 2.24) is 4.57 Å². The molecule has 0 saturated carbocycles. The zero-order chi connectivity index (χ0) is 29.1. The number of amides is 2. The highest BCUT2D eigenvalue weighted by Gasteiger charge is 2.29. The minimum atomic E-state index is -0.609. The average molecular weight is 578 g/mol. The molecule has 0 spiro atoms. The third kappa shape index (κ3) is 5.69. The Morgan fingerprint density at radius 1 is 1.05 bits per heavy atom. The highest BCUT2D eigenvalue weighted by molar-refractivity contribution is 7.19. The summed E-state index contributed by atoms with van der Waals surface area (Å²) in [4.78, 5) is 40.3. The molecule has 0 bridgehead atoms. The van der Waals surface area contributed by atoms with Crippen LogP contribution in [0.2, 0.25) is 5.02 Å². The molecule has 2 aromatic carbocycles. The summed E-state index contributed by atoms with van der Waals surface area (Å²) in [6, 6.07) is 12.9. The van der Waals surface area contributed by atoms with Crippen molar-refractivity contribution < 1.29 is 19.1 Å². The van der Waals surface area contributed by atoms with Gasteiger partial charge in [0.2, 0.25) is 0 Å². The van der Waals surface area contributed by atoms with E-state index in [1.165, 1.54) is 5.56 Å². The van der Waals surface area contributed by atoms with Crippen molar-refractivity contribution in [3.05, 3.63) is 93.0 Å². The third-order valence-electron chi connectivity index (χ3n) is 6.70. The van der Waals surface area contributed by atoms with E-state index in [0.29, 0.717) is 39.3 Å². The molecule has 4 aromatic rings. The maximum absolute atomic E-state index is 13.8. The molecule has 2 heterocycles. The van der Waals surface area contributed by atoms with Gasteiger partial charge in [0.1, 0.15) is 10.7 Å². The lowest BCUT2D eigenvalue weighted by Gasteiger charge is -2.11. The molecule has 208 valence electrons. The first kappa shape index (κ1) is 29.1. The summed E-state index contributed by atoms with van der Waals surface area (Å²) in [6.45, 7) is 14.0. The lowest BCUT2D eigenvalue weighted by Crippen LogP contribution is -2.19. The highest BCUT2D eigenvalue weighted by atomic mass is 35.5. The van der Waals surface area contributed by atoms with E-state index in [2.05, 4.69) is 43.2 Å². The summed E-state index contributed by atoms with van der Waals surface area (Å²) in [7, 11) is 0. The molecule has 0 aliphatic carbocycles. The van der Waals surface area contributed by atoms with Crippen LogP contribution in [0, 0.1) is 13.8 Å². The first-order valence-corrected chi connectivity index (χ1v) is 14.2. The van der Waals surface area contributed by atoms with Gasteiger partial charge in [-0.15, -0.1) is 17.9 Å². The number of nitrogens with one attached hydrogen (secondary N) is 2. The van der Waals surface area contributed by atoms with Crippen molar-refractivity contribution in [2.75, 3.05) is 17.2 Å². The van der Waals surface area contributed by atoms with Crippen molar-refractivity contribution in [2.45, 2.75) is 47.1 Å². The lowest BCUT2D eigenvalue weighted by molar-refractivity contribution is 0.0527. The molecule has 0 radical (unpaired) electrons. The molecule has 9 heteroatoms. The molecular weight excluding hydrogens is 546 g/mol. The van der Waals surface area contributed by atoms with Crippen LogP contribution >= 0.6 is 22.9 Å². The van der Waals surface area contributed by atoms with E-state index in [9.17, 15) is 14.4 Å². The number of fused-ring (bicyclic) bond motifs is 1. The number of aromatic nitrogens is 1. The second kappa shape index (κ2) is 12.1. The minimum Gasteiger partial charge on any atom is -0.462 e. The topological polar surface area (TPSA) is 89.4 Å². The number of rotatable bonds is 9. The molecule has 7 nitrogen and oxygen atoms in total. The molecule has 0 atom stereocenters. The van der Waals surface area contributed by atoms with Crippen molar-refractivity contribution in [3.8, 4) is 0 Å². The number of aryl methyl sites for hydroxylation is 1. The maximum Gasteiger partial charge on any atom is 0.341 e. The quantitative estimate of drug-likeness (QED) is 0.156. The van der Waals surface area contributed by atoms with E-state index in [0.717, 1.165) is 27.8 Å². The lowest BCUT2D eigenvalue weighted by atomic mass is 10.0. The zero-order valence-electron chi connectivity index (χ0n) is 23.2. The molecule has 4 rings (SSSR count). The summed E-state index contributed by atoms with van der Waals surface area (Å²) in [5, 5.41) is 7.52. The molecule has 2 N–H and O–H groups in total. The second-order valence-corrected chi connectivity index (χ2v) is 11.2. The Labute approximate surface area is 242 Å². The molecule has 0 fully saturated rings. The Balaban J connectivity index is 1.76. The molecule has 0 saturated heterocycles. The van der Waals surface area contributed by atoms with Gasteiger partial charge in [0, 0.05) is 28.2 Å².